The molecule has 2 aliphatic heterocycles. The van der Waals surface area contributed by atoms with Gasteiger partial charge in [-0.2, -0.15) is 0 Å². The summed E-state index contributed by atoms with van der Waals surface area (Å²) in [5.41, 5.74) is 0. The lowest BCUT2D eigenvalue weighted by atomic mass is 9.86. The Hall–Kier alpha value is -1.26. The highest BCUT2D eigenvalue weighted by Gasteiger charge is 2.60. The van der Waals surface area contributed by atoms with Gasteiger partial charge in [0.25, 0.3) is 5.79 Å². The van der Waals surface area contributed by atoms with Crippen LogP contribution in [0.3, 0.4) is 0 Å². The van der Waals surface area contributed by atoms with Gasteiger partial charge in [-0.3, -0.25) is 4.79 Å². The number of aliphatic hydroxyl groups is 4. The molecule has 2 bridgehead atoms. The highest BCUT2D eigenvalue weighted by atomic mass is 16.7. The van der Waals surface area contributed by atoms with E-state index >= 15 is 0 Å². The van der Waals surface area contributed by atoms with Crippen LogP contribution in [0, 0.1) is 0 Å². The van der Waals surface area contributed by atoms with E-state index in [1.54, 1.807) is 0 Å². The molecule has 0 unspecified atom stereocenters. The van der Waals surface area contributed by atoms with Crippen molar-refractivity contribution < 1.29 is 39.5 Å². The number of cyclic esters (lactones) is 1. The van der Waals surface area contributed by atoms with Crippen LogP contribution in [0.4, 0.5) is 0 Å². The molecule has 2 rings (SSSR count). The summed E-state index contributed by atoms with van der Waals surface area (Å²) < 4.78 is 10.1. The van der Waals surface area contributed by atoms with Crippen molar-refractivity contribution in [2.45, 2.75) is 49.6 Å². The van der Waals surface area contributed by atoms with Crippen LogP contribution in [0.15, 0.2) is 0 Å². The Balaban J connectivity index is 2.30. The Morgan fingerprint density at radius 3 is 2.80 bits per heavy atom. The lowest BCUT2D eigenvalue weighted by Gasteiger charge is -2.49. The maximum atomic E-state index is 11.6. The Morgan fingerprint density at radius 1 is 1.60 bits per heavy atom. The van der Waals surface area contributed by atoms with E-state index in [4.69, 9.17) is 14.6 Å². The molecule has 2 saturated heterocycles. The minimum absolute atomic E-state index is 0.461. The van der Waals surface area contributed by atoms with Crippen LogP contribution in [-0.4, -0.2) is 75.2 Å². The first-order valence-electron chi connectivity index (χ1n) is 6.14. The van der Waals surface area contributed by atoms with Crippen molar-refractivity contribution in [2.24, 2.45) is 0 Å². The molecular formula is C11H17NO8. The monoisotopic (exact) mass is 291 g/mol. The number of esters is 1. The number of carbonyl (C=O) groups is 2. The summed E-state index contributed by atoms with van der Waals surface area (Å²) >= 11 is 0. The third-order valence-corrected chi connectivity index (χ3v) is 3.41. The van der Waals surface area contributed by atoms with Gasteiger partial charge in [-0.1, -0.05) is 0 Å². The van der Waals surface area contributed by atoms with Gasteiger partial charge in [-0.05, 0) is 0 Å². The van der Waals surface area contributed by atoms with Crippen molar-refractivity contribution in [3.63, 3.8) is 0 Å². The molecule has 1 amide bonds. The van der Waals surface area contributed by atoms with Crippen molar-refractivity contribution in [1.29, 1.82) is 0 Å². The molecule has 2 aliphatic rings. The van der Waals surface area contributed by atoms with Crippen molar-refractivity contribution in [3.8, 4) is 0 Å². The second-order valence-electron chi connectivity index (χ2n) is 4.98. The molecule has 2 heterocycles. The fourth-order valence-corrected chi connectivity index (χ4v) is 2.48. The van der Waals surface area contributed by atoms with Crippen LogP contribution in [-0.2, 0) is 19.1 Å². The topological polar surface area (TPSA) is 146 Å². The van der Waals surface area contributed by atoms with Gasteiger partial charge in [0.2, 0.25) is 5.91 Å². The van der Waals surface area contributed by atoms with E-state index in [9.17, 15) is 24.9 Å². The number of nitrogens with one attached hydrogen (secondary N) is 1. The normalized spacial score (nSPS) is 41.8. The average Bonchev–Trinajstić information content (AvgIpc) is 2.36. The number of ether oxygens (including phenoxy) is 2. The second-order valence-corrected chi connectivity index (χ2v) is 4.98. The van der Waals surface area contributed by atoms with E-state index in [0.29, 0.717) is 0 Å². The van der Waals surface area contributed by atoms with Gasteiger partial charge >= 0.3 is 5.97 Å². The summed E-state index contributed by atoms with van der Waals surface area (Å²) in [4.78, 5) is 22.8. The lowest BCUT2D eigenvalue weighted by molar-refractivity contribution is -0.330. The Labute approximate surface area is 114 Å². The maximum Gasteiger partial charge on any atom is 0.367 e. The van der Waals surface area contributed by atoms with Gasteiger partial charge in [0.15, 0.2) is 6.10 Å². The first-order valence-corrected chi connectivity index (χ1v) is 6.14. The summed E-state index contributed by atoms with van der Waals surface area (Å²) in [5.74, 6) is -3.92. The summed E-state index contributed by atoms with van der Waals surface area (Å²) in [7, 11) is 0. The zero-order valence-corrected chi connectivity index (χ0v) is 10.7. The molecule has 0 aromatic rings. The minimum atomic E-state index is -2.31. The van der Waals surface area contributed by atoms with Gasteiger partial charge in [0, 0.05) is 13.3 Å². The number of carbonyl (C=O) groups excluding carboxylic acids is 2. The predicted octanol–water partition coefficient (Wildman–Crippen LogP) is -3.39. The minimum Gasteiger partial charge on any atom is -0.453 e. The number of fused-ring (bicyclic) bond motifs is 2. The number of rotatable bonds is 3. The van der Waals surface area contributed by atoms with E-state index in [0.717, 1.165) is 0 Å². The third kappa shape index (κ3) is 2.50. The summed E-state index contributed by atoms with van der Waals surface area (Å²) in [6, 6.07) is -0.980. The third-order valence-electron chi connectivity index (χ3n) is 3.41. The first-order chi connectivity index (χ1) is 9.28. The number of amides is 1. The van der Waals surface area contributed by atoms with E-state index < -0.39 is 61.1 Å². The molecule has 0 radical (unpaired) electrons. The van der Waals surface area contributed by atoms with Crippen LogP contribution in [0.25, 0.3) is 0 Å². The highest BCUT2D eigenvalue weighted by molar-refractivity contribution is 5.79. The van der Waals surface area contributed by atoms with Crippen molar-refractivity contribution in [2.75, 3.05) is 6.61 Å². The second kappa shape index (κ2) is 5.26. The molecule has 6 atom stereocenters. The molecule has 114 valence electrons. The zero-order valence-electron chi connectivity index (χ0n) is 10.7. The number of hydrogen-bond donors (Lipinski definition) is 5. The van der Waals surface area contributed by atoms with E-state index in [1.165, 1.54) is 6.92 Å². The Morgan fingerprint density at radius 2 is 2.25 bits per heavy atom. The molecular weight excluding hydrogens is 274 g/mol. The van der Waals surface area contributed by atoms with Gasteiger partial charge in [-0.15, -0.1) is 0 Å². The highest BCUT2D eigenvalue weighted by Crippen LogP contribution is 2.36. The van der Waals surface area contributed by atoms with Gasteiger partial charge in [-0.25, -0.2) is 4.79 Å². The standard InChI is InChI=1S/C11H17NO8/c1-4(14)12-7-5(15)2-11(18)10(17)19-8(6(16)3-13)9(7)20-11/h5-9,13,15-16,18H,2-3H2,1H3,(H,12,14)/t5-,6+,7+,8+,9+,11-/m0/s1. The number of aliphatic hydroxyl groups excluding tert-OH is 3. The summed E-state index contributed by atoms with van der Waals surface area (Å²) in [6.45, 7) is 0.513. The van der Waals surface area contributed by atoms with Gasteiger partial charge in [0.05, 0.1) is 18.8 Å². The predicted molar refractivity (Wildman–Crippen MR) is 61.0 cm³/mol. The van der Waals surface area contributed by atoms with Crippen molar-refractivity contribution >= 4 is 11.9 Å². The van der Waals surface area contributed by atoms with Crippen molar-refractivity contribution in [3.05, 3.63) is 0 Å². The molecule has 0 aromatic carbocycles. The SMILES string of the molecule is CC(=O)N[C@H]1[C@H]2O[C@@](O)(C[C@@H]1O)C(=O)O[C@@H]2[C@H](O)CO. The van der Waals surface area contributed by atoms with Crippen LogP contribution in [0.1, 0.15) is 13.3 Å². The van der Waals surface area contributed by atoms with Gasteiger partial charge in [0.1, 0.15) is 12.2 Å². The fourth-order valence-electron chi connectivity index (χ4n) is 2.48. The Bertz CT molecular complexity index is 413. The van der Waals surface area contributed by atoms with Crippen LogP contribution < -0.4 is 5.32 Å². The maximum absolute atomic E-state index is 11.6. The summed E-state index contributed by atoms with van der Waals surface area (Å²) in [6.07, 6.45) is -5.67. The molecule has 5 N–H and O–H groups in total. The lowest BCUT2D eigenvalue weighted by Crippen LogP contribution is -2.71. The smallest absolute Gasteiger partial charge is 0.367 e. The Kier molecular flexibility index (Phi) is 3.98. The van der Waals surface area contributed by atoms with E-state index in [1.807, 2.05) is 0 Å². The molecule has 2 fully saturated rings. The van der Waals surface area contributed by atoms with Crippen LogP contribution in [0.5, 0.6) is 0 Å². The molecule has 9 nitrogen and oxygen atoms in total. The molecule has 0 aliphatic carbocycles. The average molecular weight is 291 g/mol. The molecule has 0 aromatic heterocycles. The van der Waals surface area contributed by atoms with Crippen molar-refractivity contribution in [1.82, 2.24) is 5.32 Å². The molecule has 9 heteroatoms. The molecule has 0 spiro atoms. The van der Waals surface area contributed by atoms with Crippen LogP contribution in [0.2, 0.25) is 0 Å². The van der Waals surface area contributed by atoms with E-state index in [-0.39, 0.29) is 0 Å². The first kappa shape index (κ1) is 15.1. The van der Waals surface area contributed by atoms with Crippen LogP contribution >= 0.6 is 0 Å². The largest absolute Gasteiger partial charge is 0.453 e. The molecule has 20 heavy (non-hydrogen) atoms. The number of hydrogen-bond acceptors (Lipinski definition) is 8. The fraction of sp³-hybridized carbons (Fsp3) is 0.818. The van der Waals surface area contributed by atoms with E-state index in [2.05, 4.69) is 5.32 Å². The van der Waals surface area contributed by atoms with Gasteiger partial charge < -0.3 is 35.2 Å². The quantitative estimate of drug-likeness (QED) is 0.338. The summed E-state index contributed by atoms with van der Waals surface area (Å²) in [5, 5.41) is 41.0. The zero-order chi connectivity index (χ0) is 15.1. The molecule has 0 saturated carbocycles.